The number of benzene rings is 1. The third-order valence-electron chi connectivity index (χ3n) is 5.17. The maximum atomic E-state index is 12.4. The molecular weight excluding hydrogens is 328 g/mol. The Hall–Kier alpha value is -2.24. The molecule has 2 N–H and O–H groups in total. The molecule has 2 atom stereocenters. The zero-order valence-electron chi connectivity index (χ0n) is 14.9. The van der Waals surface area contributed by atoms with Crippen LogP contribution in [-0.4, -0.2) is 52.1 Å². The van der Waals surface area contributed by atoms with Crippen molar-refractivity contribution in [1.29, 1.82) is 0 Å². The molecule has 0 spiro atoms. The Morgan fingerprint density at radius 3 is 2.58 bits per heavy atom. The van der Waals surface area contributed by atoms with Crippen molar-refractivity contribution in [2.75, 3.05) is 26.2 Å². The summed E-state index contributed by atoms with van der Waals surface area (Å²) in [6, 6.07) is 13.5. The molecule has 3 rings (SSSR count). The minimum atomic E-state index is -0.0494. The van der Waals surface area contributed by atoms with Gasteiger partial charge in [-0.15, -0.1) is 0 Å². The Morgan fingerprint density at radius 1 is 1.12 bits per heavy atom. The highest BCUT2D eigenvalue weighted by Crippen LogP contribution is 2.28. The van der Waals surface area contributed by atoms with Crippen molar-refractivity contribution in [3.05, 3.63) is 59.9 Å². The van der Waals surface area contributed by atoms with Crippen molar-refractivity contribution in [2.24, 2.45) is 11.8 Å². The van der Waals surface area contributed by atoms with Crippen molar-refractivity contribution in [2.45, 2.75) is 19.3 Å². The summed E-state index contributed by atoms with van der Waals surface area (Å²) in [5, 5.41) is 19.0. The van der Waals surface area contributed by atoms with Gasteiger partial charge in [-0.25, -0.2) is 4.98 Å². The second kappa shape index (κ2) is 8.92. The van der Waals surface area contributed by atoms with E-state index < -0.39 is 0 Å². The topological polar surface area (TPSA) is 73.7 Å². The van der Waals surface area contributed by atoms with Crippen LogP contribution in [0.2, 0.25) is 0 Å². The van der Waals surface area contributed by atoms with Gasteiger partial charge in [0.25, 0.3) is 0 Å². The van der Waals surface area contributed by atoms with Crippen molar-refractivity contribution >= 4 is 5.78 Å². The van der Waals surface area contributed by atoms with Gasteiger partial charge in [-0.2, -0.15) is 0 Å². The summed E-state index contributed by atoms with van der Waals surface area (Å²) in [5.74, 6) is 0.656. The number of aryl methyl sites for hydroxylation is 1. The highest BCUT2D eigenvalue weighted by molar-refractivity contribution is 5.95. The number of rotatable bonds is 8. The number of hydrogen-bond donors (Lipinski definition) is 2. The maximum absolute atomic E-state index is 12.4. The number of likely N-dealkylation sites (tertiary alicyclic amines) is 1. The Balaban J connectivity index is 1.50. The number of ketones is 1. The molecule has 2 aromatic rings. The zero-order valence-corrected chi connectivity index (χ0v) is 14.9. The SMILES string of the molecule is O=C(CN1C[C@@H](CCCc2ccccc2)[C@@H](CO)C1)c1ccc(O)cn1. The molecule has 1 aliphatic heterocycles. The molecule has 1 saturated heterocycles. The summed E-state index contributed by atoms with van der Waals surface area (Å²) in [4.78, 5) is 18.5. The van der Waals surface area contributed by atoms with Gasteiger partial charge in [0.05, 0.1) is 12.7 Å². The summed E-state index contributed by atoms with van der Waals surface area (Å²) < 4.78 is 0. The van der Waals surface area contributed by atoms with Crippen LogP contribution in [0.1, 0.15) is 28.9 Å². The molecule has 5 nitrogen and oxygen atoms in total. The van der Waals surface area contributed by atoms with Crippen LogP contribution < -0.4 is 0 Å². The van der Waals surface area contributed by atoms with E-state index in [4.69, 9.17) is 0 Å². The highest BCUT2D eigenvalue weighted by Gasteiger charge is 2.32. The number of carbonyl (C=O) groups is 1. The number of Topliss-reactive ketones (excluding diaryl/α,β-unsaturated/α-hetero) is 1. The summed E-state index contributed by atoms with van der Waals surface area (Å²) in [6.45, 7) is 2.06. The number of aromatic nitrogens is 1. The average Bonchev–Trinajstić information content (AvgIpc) is 3.04. The molecule has 0 unspecified atom stereocenters. The van der Waals surface area contributed by atoms with Crippen molar-refractivity contribution in [3.63, 3.8) is 0 Å². The van der Waals surface area contributed by atoms with Gasteiger partial charge in [-0.3, -0.25) is 9.69 Å². The van der Waals surface area contributed by atoms with Gasteiger partial charge in [0.1, 0.15) is 11.4 Å². The first-order valence-corrected chi connectivity index (χ1v) is 9.21. The third kappa shape index (κ3) is 4.90. The lowest BCUT2D eigenvalue weighted by Crippen LogP contribution is -2.28. The Morgan fingerprint density at radius 2 is 1.88 bits per heavy atom. The number of aliphatic hydroxyl groups excluding tert-OH is 1. The summed E-state index contributed by atoms with van der Waals surface area (Å²) in [6.07, 6.45) is 4.49. The molecule has 1 aromatic carbocycles. The van der Waals surface area contributed by atoms with E-state index in [1.807, 2.05) is 6.07 Å². The molecular formula is C21H26N2O3. The molecule has 138 valence electrons. The molecule has 1 aromatic heterocycles. The predicted octanol–water partition coefficient (Wildman–Crippen LogP) is 2.53. The van der Waals surface area contributed by atoms with Crippen LogP contribution in [0.5, 0.6) is 5.75 Å². The summed E-state index contributed by atoms with van der Waals surface area (Å²) in [7, 11) is 0. The van der Waals surface area contributed by atoms with Crippen LogP contribution in [0.25, 0.3) is 0 Å². The minimum absolute atomic E-state index is 0.0494. The molecule has 1 aliphatic rings. The quantitative estimate of drug-likeness (QED) is 0.713. The summed E-state index contributed by atoms with van der Waals surface area (Å²) >= 11 is 0. The number of aliphatic hydroxyl groups is 1. The molecule has 0 amide bonds. The number of aromatic hydroxyl groups is 1. The van der Waals surface area contributed by atoms with Gasteiger partial charge >= 0.3 is 0 Å². The van der Waals surface area contributed by atoms with Gasteiger partial charge in [-0.05, 0) is 48.8 Å². The standard InChI is InChI=1S/C21H26N2O3/c24-15-18-13-23(14-21(26)20-10-9-19(25)11-22-20)12-17(18)8-4-7-16-5-2-1-3-6-16/h1-3,5-6,9-11,17-18,24-25H,4,7-8,12-15H2/t17-,18-/m1/s1. The molecule has 5 heteroatoms. The van der Waals surface area contributed by atoms with Crippen molar-refractivity contribution < 1.29 is 15.0 Å². The fraction of sp³-hybridized carbons (Fsp3) is 0.429. The monoisotopic (exact) mass is 354 g/mol. The predicted molar refractivity (Wildman–Crippen MR) is 100 cm³/mol. The first kappa shape index (κ1) is 18.5. The van der Waals surface area contributed by atoms with Gasteiger partial charge < -0.3 is 10.2 Å². The van der Waals surface area contributed by atoms with E-state index in [0.717, 1.165) is 32.4 Å². The second-order valence-electron chi connectivity index (χ2n) is 7.10. The smallest absolute Gasteiger partial charge is 0.195 e. The van der Waals surface area contributed by atoms with E-state index in [-0.39, 0.29) is 24.1 Å². The largest absolute Gasteiger partial charge is 0.506 e. The zero-order chi connectivity index (χ0) is 18.4. The van der Waals surface area contributed by atoms with Crippen LogP contribution in [0, 0.1) is 11.8 Å². The Bertz CT molecular complexity index is 703. The fourth-order valence-electron chi connectivity index (χ4n) is 3.75. The van der Waals surface area contributed by atoms with Crippen LogP contribution in [0.15, 0.2) is 48.7 Å². The van der Waals surface area contributed by atoms with E-state index in [9.17, 15) is 15.0 Å². The molecule has 0 saturated carbocycles. The minimum Gasteiger partial charge on any atom is -0.506 e. The first-order chi connectivity index (χ1) is 12.7. The van der Waals surface area contributed by atoms with Gasteiger partial charge in [0, 0.05) is 19.7 Å². The molecule has 26 heavy (non-hydrogen) atoms. The van der Waals surface area contributed by atoms with E-state index in [1.165, 1.54) is 17.8 Å². The number of carbonyl (C=O) groups excluding carboxylic acids is 1. The lowest BCUT2D eigenvalue weighted by Gasteiger charge is -2.15. The highest BCUT2D eigenvalue weighted by atomic mass is 16.3. The summed E-state index contributed by atoms with van der Waals surface area (Å²) in [5.41, 5.74) is 1.72. The lowest BCUT2D eigenvalue weighted by molar-refractivity contribution is 0.0935. The van der Waals surface area contributed by atoms with Crippen molar-refractivity contribution in [1.82, 2.24) is 9.88 Å². The van der Waals surface area contributed by atoms with Crippen LogP contribution >= 0.6 is 0 Å². The Labute approximate surface area is 154 Å². The van der Waals surface area contributed by atoms with E-state index in [0.29, 0.717) is 18.2 Å². The molecule has 0 bridgehead atoms. The Kier molecular flexibility index (Phi) is 6.36. The molecule has 1 fully saturated rings. The van der Waals surface area contributed by atoms with E-state index >= 15 is 0 Å². The van der Waals surface area contributed by atoms with E-state index in [2.05, 4.69) is 34.1 Å². The number of pyridine rings is 1. The molecule has 0 aliphatic carbocycles. The van der Waals surface area contributed by atoms with Gasteiger partial charge in [0.2, 0.25) is 0 Å². The number of nitrogens with zero attached hydrogens (tertiary/aromatic N) is 2. The number of hydrogen-bond acceptors (Lipinski definition) is 5. The van der Waals surface area contributed by atoms with Gasteiger partial charge in [0.15, 0.2) is 5.78 Å². The third-order valence-corrected chi connectivity index (χ3v) is 5.17. The lowest BCUT2D eigenvalue weighted by atomic mass is 9.91. The van der Waals surface area contributed by atoms with Crippen molar-refractivity contribution in [3.8, 4) is 5.75 Å². The first-order valence-electron chi connectivity index (χ1n) is 9.21. The molecule has 0 radical (unpaired) electrons. The molecule has 2 heterocycles. The maximum Gasteiger partial charge on any atom is 0.195 e. The van der Waals surface area contributed by atoms with Crippen LogP contribution in [0.4, 0.5) is 0 Å². The van der Waals surface area contributed by atoms with Gasteiger partial charge in [-0.1, -0.05) is 30.3 Å². The fourth-order valence-corrected chi connectivity index (χ4v) is 3.75. The van der Waals surface area contributed by atoms with Crippen LogP contribution in [0.3, 0.4) is 0 Å². The average molecular weight is 354 g/mol. The van der Waals surface area contributed by atoms with E-state index in [1.54, 1.807) is 6.07 Å². The normalized spacial score (nSPS) is 20.3. The second-order valence-corrected chi connectivity index (χ2v) is 7.10. The van der Waals surface area contributed by atoms with Crippen LogP contribution in [-0.2, 0) is 6.42 Å².